The lowest BCUT2D eigenvalue weighted by molar-refractivity contribution is 0.572. The molecule has 0 saturated heterocycles. The number of rotatable bonds is 14. The number of anilines is 12. The maximum Gasteiger partial charge on any atom is 0.159 e. The highest BCUT2D eigenvalue weighted by atomic mass is 16.3. The number of furan rings is 2. The van der Waals surface area contributed by atoms with Gasteiger partial charge in [-0.3, -0.25) is 0 Å². The Kier molecular flexibility index (Phi) is 18.4. The Morgan fingerprint density at radius 3 is 0.726 bits per heavy atom. The quantitative estimate of drug-likeness (QED) is 0.108. The first-order valence-corrected chi connectivity index (χ1v) is 51.4. The third-order valence-corrected chi connectivity index (χ3v) is 31.9. The van der Waals surface area contributed by atoms with Crippen LogP contribution in [0, 0.1) is 13.8 Å². The lowest BCUT2D eigenvalue weighted by atomic mass is 9.86. The van der Waals surface area contributed by atoms with E-state index in [1.165, 1.54) is 186 Å². The zero-order valence-electron chi connectivity index (χ0n) is 83.7. The summed E-state index contributed by atoms with van der Waals surface area (Å²) in [5, 5.41) is 24.9. The van der Waals surface area contributed by atoms with E-state index in [1.807, 2.05) is 0 Å². The Labute approximate surface area is 844 Å². The summed E-state index contributed by atoms with van der Waals surface area (Å²) in [6.07, 6.45) is 0. The van der Waals surface area contributed by atoms with Gasteiger partial charge < -0.3 is 46.0 Å². The van der Waals surface area contributed by atoms with E-state index in [4.69, 9.17) is 8.83 Å². The topological polar surface area (TPSA) is 56.9 Å². The fourth-order valence-corrected chi connectivity index (χ4v) is 25.3. The number of aryl methyl sites for hydroxylation is 2. The molecule has 700 valence electrons. The van der Waals surface area contributed by atoms with Gasteiger partial charge in [0.05, 0.1) is 77.6 Å². The van der Waals surface area contributed by atoms with Gasteiger partial charge in [0.2, 0.25) is 0 Å². The van der Waals surface area contributed by atoms with Crippen LogP contribution in [0.25, 0.3) is 196 Å². The van der Waals surface area contributed by atoms with Gasteiger partial charge in [-0.25, -0.2) is 0 Å². The second kappa shape index (κ2) is 31.5. The Balaban J connectivity index is 0.000000143. The van der Waals surface area contributed by atoms with E-state index in [1.54, 1.807) is 0 Å². The molecule has 0 aliphatic rings. The fourth-order valence-electron chi connectivity index (χ4n) is 25.3. The van der Waals surface area contributed by atoms with Crippen molar-refractivity contribution in [2.75, 3.05) is 19.6 Å². The van der Waals surface area contributed by atoms with Crippen LogP contribution in [-0.2, 0) is 10.8 Å². The number of hydrogen-bond donors (Lipinski definition) is 0. The summed E-state index contributed by atoms with van der Waals surface area (Å²) in [6.45, 7) is 27.0. The molecule has 10 nitrogen and oxygen atoms in total. The van der Waals surface area contributed by atoms with Gasteiger partial charge in [-0.15, -0.1) is 0 Å². The van der Waals surface area contributed by atoms with Crippen LogP contribution in [-0.4, -0.2) is 17.6 Å². The van der Waals surface area contributed by atoms with Gasteiger partial charge in [0, 0.05) is 176 Å². The van der Waals surface area contributed by atoms with Gasteiger partial charge in [-0.2, -0.15) is 0 Å². The van der Waals surface area contributed by atoms with Gasteiger partial charge in [-0.1, -0.05) is 324 Å². The average molecular weight is 1880 g/mol. The summed E-state index contributed by atoms with van der Waals surface area (Å²) >= 11 is 0. The fraction of sp³-hybridized carbons (Fsp3) is 0.118. The minimum absolute atomic E-state index is 0.0985. The van der Waals surface area contributed by atoms with Crippen LogP contribution >= 0.6 is 0 Å². The predicted molar refractivity (Wildman–Crippen MR) is 620 cm³/mol. The summed E-state index contributed by atoms with van der Waals surface area (Å²) < 4.78 is 24.5. The highest BCUT2D eigenvalue weighted by Crippen LogP contribution is 2.59. The molecule has 30 rings (SSSR count). The molecule has 0 N–H and O–H groups in total. The first-order chi connectivity index (χ1) is 71.3. The summed E-state index contributed by atoms with van der Waals surface area (Å²) in [6, 6.07) is 148. The van der Waals surface area contributed by atoms with E-state index in [9.17, 15) is 0 Å². The summed E-state index contributed by atoms with van der Waals surface area (Å²) in [4.78, 5) is 9.64. The third-order valence-electron chi connectivity index (χ3n) is 31.9. The minimum atomic E-state index is -0.0985. The lowest BCUT2D eigenvalue weighted by Crippen LogP contribution is -2.11. The molecule has 0 aliphatic carbocycles. The van der Waals surface area contributed by atoms with Crippen molar-refractivity contribution in [2.24, 2.45) is 0 Å². The highest BCUT2D eigenvalue weighted by Gasteiger charge is 2.36. The SMILES string of the molecule is CC(C)c1ccc(N(c2ccccc2)c2ccc3c4c5c6ccccc6n6c7cc(N(c8ccccc8)c8ccc(C(C)C)cc8)ccc7c(c7c8ccccc8n(c3c2)c74)c56)cc1.Cc1ccccc1N(c1ccc2c3c4c5ccccc5n5c6cc(N(c7ccccc7C)c7cccc8c7oc7c(C(C)(C)C)cccc78)ccc6c(c6c7ccccc7n(c2c1)c63)c45)c1cccc2c1oc1c(C(C)(C)C)cccc12. The van der Waals surface area contributed by atoms with E-state index in [0.29, 0.717) is 11.8 Å². The smallest absolute Gasteiger partial charge is 0.159 e. The zero-order valence-corrected chi connectivity index (χ0v) is 83.7. The van der Waals surface area contributed by atoms with E-state index in [2.05, 4.69) is 521 Å². The number of para-hydroxylation sites is 12. The Bertz CT molecular complexity index is 10000. The molecule has 20 aromatic carbocycles. The van der Waals surface area contributed by atoms with Crippen molar-refractivity contribution in [1.82, 2.24) is 17.6 Å². The van der Waals surface area contributed by atoms with Crippen molar-refractivity contribution in [2.45, 2.75) is 106 Å². The van der Waals surface area contributed by atoms with Gasteiger partial charge in [0.25, 0.3) is 0 Å². The molecule has 146 heavy (non-hydrogen) atoms. The summed E-state index contributed by atoms with van der Waals surface area (Å²) in [5.74, 6) is 0.930. The van der Waals surface area contributed by atoms with Crippen LogP contribution in [0.3, 0.4) is 0 Å². The van der Waals surface area contributed by atoms with Gasteiger partial charge in [0.15, 0.2) is 11.2 Å². The van der Waals surface area contributed by atoms with Crippen LogP contribution in [0.4, 0.5) is 68.2 Å². The van der Waals surface area contributed by atoms with Crippen molar-refractivity contribution >= 4 is 265 Å². The average Bonchev–Trinajstić information content (AvgIpc) is 1.49. The van der Waals surface area contributed by atoms with Crippen molar-refractivity contribution in [1.29, 1.82) is 0 Å². The van der Waals surface area contributed by atoms with Crippen LogP contribution in [0.5, 0.6) is 0 Å². The van der Waals surface area contributed by atoms with Crippen LogP contribution in [0.15, 0.2) is 409 Å². The Hall–Kier alpha value is -17.6. The van der Waals surface area contributed by atoms with Crippen LogP contribution in [0.1, 0.15) is 114 Å². The largest absolute Gasteiger partial charge is 0.454 e. The van der Waals surface area contributed by atoms with Gasteiger partial charge in [-0.05, 0) is 204 Å². The second-order valence-electron chi connectivity index (χ2n) is 43.1. The third kappa shape index (κ3) is 12.2. The number of hydrogen-bond acceptors (Lipinski definition) is 6. The van der Waals surface area contributed by atoms with Crippen molar-refractivity contribution in [3.8, 4) is 0 Å². The Morgan fingerprint density at radius 2 is 0.432 bits per heavy atom. The normalized spacial score (nSPS) is 12.6. The van der Waals surface area contributed by atoms with E-state index < -0.39 is 0 Å². The van der Waals surface area contributed by atoms with Crippen molar-refractivity contribution in [3.63, 3.8) is 0 Å². The monoisotopic (exact) mass is 1880 g/mol. The van der Waals surface area contributed by atoms with Gasteiger partial charge in [0.1, 0.15) is 11.2 Å². The number of fused-ring (bicyclic) bond motifs is 34. The van der Waals surface area contributed by atoms with E-state index in [-0.39, 0.29) is 10.8 Å². The summed E-state index contributed by atoms with van der Waals surface area (Å²) in [5.41, 5.74) is 38.7. The van der Waals surface area contributed by atoms with E-state index >= 15 is 0 Å². The molecule has 0 unspecified atom stereocenters. The van der Waals surface area contributed by atoms with Crippen molar-refractivity contribution < 1.29 is 8.83 Å². The lowest BCUT2D eigenvalue weighted by Gasteiger charge is -2.27. The molecule has 30 aromatic rings. The summed E-state index contributed by atoms with van der Waals surface area (Å²) in [7, 11) is 0. The molecule has 10 heterocycles. The molecule has 10 heteroatoms. The number of aromatic nitrogens is 4. The van der Waals surface area contributed by atoms with E-state index in [0.717, 1.165) is 112 Å². The minimum Gasteiger partial charge on any atom is -0.454 e. The number of benzene rings is 20. The molecular weight excluding hydrogens is 1780 g/mol. The molecule has 0 saturated carbocycles. The van der Waals surface area contributed by atoms with Gasteiger partial charge >= 0.3 is 0 Å². The molecule has 0 spiro atoms. The molecule has 0 atom stereocenters. The standard InChI is InChI=1S/C76H58N4O2.C60H46N4/c1-43-21-9-13-31-57(43)77(61-35-19-27-49-47-25-17-29-55(75(3,4)5)71(47)81-73(49)61)45-37-39-53-63(41-45)79-59-33-15-11-23-51(59)66-68-54-40-38-46(42-64(54)80-60-34-16-12-24-52(60)65(70(68)80)67(53)69(66)79)78(58-32-14-10-22-44(58)2)62-36-20-28-50-48-26-18-30-56(76(6,7)8)72(48)82-74(50)62;1-37(2)39-23-27-43(28-24-39)61(41-15-7-5-8-16-41)45-31-33-49-53(35-45)63-51-21-13-11-19-47(51)56-58-50-34-32-46(62(42-17-9-6-10-18-42)44-29-25-40(26-30-44)38(3)4)36-54(50)64-52-22-14-12-20-48(52)55(60(58)64)57(49)59(56)63/h9-42H,1-8H3;5-38H,1-4H3. The molecular formula is C136H104N8O2. The molecule has 0 fully saturated rings. The molecule has 0 amide bonds. The molecule has 10 aromatic heterocycles. The first kappa shape index (κ1) is 85.2. The number of nitrogens with zero attached hydrogens (tertiary/aromatic N) is 8. The predicted octanol–water partition coefficient (Wildman–Crippen LogP) is 39.1. The molecule has 0 aliphatic heterocycles. The second-order valence-corrected chi connectivity index (χ2v) is 43.1. The Morgan fingerprint density at radius 1 is 0.199 bits per heavy atom. The zero-order chi connectivity index (χ0) is 98.0. The van der Waals surface area contributed by atoms with Crippen molar-refractivity contribution in [3.05, 3.63) is 434 Å². The maximum absolute atomic E-state index is 7.14. The molecule has 0 radical (unpaired) electrons. The van der Waals surface area contributed by atoms with Crippen LogP contribution in [0.2, 0.25) is 0 Å². The molecule has 0 bridgehead atoms. The maximum atomic E-state index is 7.14. The first-order valence-electron chi connectivity index (χ1n) is 51.4. The van der Waals surface area contributed by atoms with Crippen LogP contribution < -0.4 is 19.6 Å². The highest BCUT2D eigenvalue weighted by molar-refractivity contribution is 6.47.